The predicted molar refractivity (Wildman–Crippen MR) is 120 cm³/mol. The number of carbonyl (C=O) groups is 1. The Morgan fingerprint density at radius 1 is 1.04 bits per heavy atom. The number of allylic oxidation sites excluding steroid dienone is 3. The van der Waals surface area contributed by atoms with Crippen molar-refractivity contribution in [3.8, 4) is 11.5 Å². The number of hydrogen-bond acceptors (Lipinski definition) is 3. The minimum atomic E-state index is -0.279. The van der Waals surface area contributed by atoms with Crippen LogP contribution in [-0.4, -0.2) is 18.7 Å². The molecule has 0 saturated heterocycles. The van der Waals surface area contributed by atoms with E-state index in [2.05, 4.69) is 47.4 Å². The second-order valence-electron chi connectivity index (χ2n) is 8.41. The molecule has 4 heteroatoms. The topological polar surface area (TPSA) is 35.5 Å². The molecular weight excluding hydrogens is 367 g/mol. The van der Waals surface area contributed by atoms with E-state index in [1.165, 1.54) is 0 Å². The summed E-state index contributed by atoms with van der Waals surface area (Å²) in [6, 6.07) is 5.79. The van der Waals surface area contributed by atoms with Crippen molar-refractivity contribution in [3.63, 3.8) is 0 Å². The Morgan fingerprint density at radius 2 is 1.61 bits per heavy atom. The summed E-state index contributed by atoms with van der Waals surface area (Å²) in [6.45, 7) is 21.9. The Hall–Kier alpha value is -1.86. The zero-order chi connectivity index (χ0) is 20.8. The van der Waals surface area contributed by atoms with Crippen LogP contribution in [0.2, 0.25) is 0 Å². The molecule has 28 heavy (non-hydrogen) atoms. The lowest BCUT2D eigenvalue weighted by Gasteiger charge is -2.27. The molecule has 0 N–H and O–H groups in total. The minimum Gasteiger partial charge on any atom is -0.493 e. The average Bonchev–Trinajstić information content (AvgIpc) is 2.58. The summed E-state index contributed by atoms with van der Waals surface area (Å²) in [4.78, 5) is 13.1. The molecule has 1 aromatic carbocycles. The number of rotatable bonds is 9. The van der Waals surface area contributed by atoms with Crippen molar-refractivity contribution >= 4 is 19.4 Å². The third kappa shape index (κ3) is 6.34. The molecular formula is C24H33O3P. The van der Waals surface area contributed by atoms with Crippen LogP contribution in [0.5, 0.6) is 11.5 Å². The molecule has 152 valence electrons. The summed E-state index contributed by atoms with van der Waals surface area (Å²) < 4.78 is 11.9. The Balaban J connectivity index is 2.19. The van der Waals surface area contributed by atoms with Gasteiger partial charge in [0.15, 0.2) is 5.52 Å². The Labute approximate surface area is 171 Å². The molecule has 0 heterocycles. The number of carbonyl (C=O) groups excluding carboxylic acids is 1. The van der Waals surface area contributed by atoms with Gasteiger partial charge in [-0.05, 0) is 45.4 Å². The first-order valence-electron chi connectivity index (χ1n) is 9.89. The maximum atomic E-state index is 13.1. The number of benzene rings is 1. The van der Waals surface area contributed by atoms with Gasteiger partial charge in [-0.15, -0.1) is 0 Å². The lowest BCUT2D eigenvalue weighted by Crippen LogP contribution is -2.22. The maximum absolute atomic E-state index is 13.1. The molecule has 1 aromatic rings. The Kier molecular flexibility index (Phi) is 8.07. The quantitative estimate of drug-likeness (QED) is 0.396. The average molecular weight is 400 g/mol. The minimum absolute atomic E-state index is 0.00156. The van der Waals surface area contributed by atoms with Crippen LogP contribution in [0, 0.1) is 17.8 Å². The fourth-order valence-electron chi connectivity index (χ4n) is 3.11. The highest BCUT2D eigenvalue weighted by Gasteiger charge is 2.29. The molecule has 0 radical (unpaired) electrons. The van der Waals surface area contributed by atoms with Gasteiger partial charge in [0.2, 0.25) is 0 Å². The molecule has 1 saturated carbocycles. The van der Waals surface area contributed by atoms with Crippen molar-refractivity contribution < 1.29 is 14.3 Å². The Morgan fingerprint density at radius 3 is 2.18 bits per heavy atom. The van der Waals surface area contributed by atoms with Crippen LogP contribution in [0.25, 0.3) is 0 Å². The van der Waals surface area contributed by atoms with Crippen LogP contribution in [-0.2, 0) is 4.79 Å². The third-order valence-electron chi connectivity index (χ3n) is 4.40. The molecule has 3 nitrogen and oxygen atoms in total. The predicted octanol–water partition coefficient (Wildman–Crippen LogP) is 5.67. The SMILES string of the molecule is C=C1CC(=C)C(C(=O)Pc2ccc(OCC(C)C)cc2OCC(C)C)C(=C)C1. The fraction of sp³-hybridized carbons (Fsp3) is 0.458. The summed E-state index contributed by atoms with van der Waals surface area (Å²) in [7, 11) is -0.00156. The van der Waals surface area contributed by atoms with E-state index in [0.717, 1.165) is 33.5 Å². The van der Waals surface area contributed by atoms with Gasteiger partial charge in [-0.25, -0.2) is 0 Å². The van der Waals surface area contributed by atoms with E-state index >= 15 is 0 Å². The molecule has 1 atom stereocenters. The van der Waals surface area contributed by atoms with Gasteiger partial charge >= 0.3 is 0 Å². The van der Waals surface area contributed by atoms with Crippen LogP contribution in [0.4, 0.5) is 0 Å². The van der Waals surface area contributed by atoms with Crippen LogP contribution >= 0.6 is 8.58 Å². The second kappa shape index (κ2) is 10.1. The standard InChI is InChI=1S/C24H33O3P/c1-15(2)13-26-20-8-9-22(21(12-20)27-14-16(3)4)28-24(25)23-18(6)10-17(5)11-19(23)7/h8-9,12,15-16,23,28H,5-7,10-11,13-14H2,1-4H3. The van der Waals surface area contributed by atoms with Crippen LogP contribution in [0.1, 0.15) is 40.5 Å². The summed E-state index contributed by atoms with van der Waals surface area (Å²) >= 11 is 0. The highest BCUT2D eigenvalue weighted by Crippen LogP contribution is 2.39. The van der Waals surface area contributed by atoms with Gasteiger partial charge in [0.05, 0.1) is 19.1 Å². The zero-order valence-electron chi connectivity index (χ0n) is 17.6. The lowest BCUT2D eigenvalue weighted by molar-refractivity contribution is -0.112. The van der Waals surface area contributed by atoms with E-state index < -0.39 is 0 Å². The molecule has 0 spiro atoms. The van der Waals surface area contributed by atoms with E-state index in [-0.39, 0.29) is 20.0 Å². The fourth-order valence-corrected chi connectivity index (χ4v) is 4.36. The smallest absolute Gasteiger partial charge is 0.167 e. The van der Waals surface area contributed by atoms with Gasteiger partial charge in [-0.1, -0.05) is 64.2 Å². The van der Waals surface area contributed by atoms with Gasteiger partial charge in [0.1, 0.15) is 11.5 Å². The Bertz CT molecular complexity index is 741. The van der Waals surface area contributed by atoms with Gasteiger partial charge in [0.25, 0.3) is 0 Å². The lowest BCUT2D eigenvalue weighted by atomic mass is 9.80. The number of hydrogen-bond donors (Lipinski definition) is 0. The summed E-state index contributed by atoms with van der Waals surface area (Å²) in [5, 5.41) is 0.910. The van der Waals surface area contributed by atoms with E-state index in [1.807, 2.05) is 18.2 Å². The van der Waals surface area contributed by atoms with Crippen molar-refractivity contribution in [2.75, 3.05) is 13.2 Å². The molecule has 1 aliphatic carbocycles. The largest absolute Gasteiger partial charge is 0.493 e. The van der Waals surface area contributed by atoms with E-state index in [4.69, 9.17) is 9.47 Å². The highest BCUT2D eigenvalue weighted by atomic mass is 31.1. The second-order valence-corrected chi connectivity index (χ2v) is 9.69. The van der Waals surface area contributed by atoms with Crippen molar-refractivity contribution in [3.05, 3.63) is 54.7 Å². The summed E-state index contributed by atoms with van der Waals surface area (Å²) in [5.74, 6) is 2.07. The molecule has 0 bridgehead atoms. The van der Waals surface area contributed by atoms with Crippen LogP contribution < -0.4 is 14.8 Å². The van der Waals surface area contributed by atoms with Gasteiger partial charge in [-0.2, -0.15) is 0 Å². The molecule has 0 aliphatic heterocycles. The maximum Gasteiger partial charge on any atom is 0.167 e. The van der Waals surface area contributed by atoms with Crippen molar-refractivity contribution in [2.24, 2.45) is 17.8 Å². The van der Waals surface area contributed by atoms with Crippen molar-refractivity contribution in [2.45, 2.75) is 40.5 Å². The third-order valence-corrected chi connectivity index (χ3v) is 5.62. The van der Waals surface area contributed by atoms with E-state index in [9.17, 15) is 4.79 Å². The number of ether oxygens (including phenoxy) is 2. The normalized spacial score (nSPS) is 15.9. The molecule has 0 aromatic heterocycles. The van der Waals surface area contributed by atoms with Crippen molar-refractivity contribution in [1.29, 1.82) is 0 Å². The van der Waals surface area contributed by atoms with Crippen LogP contribution in [0.3, 0.4) is 0 Å². The zero-order valence-corrected chi connectivity index (χ0v) is 18.6. The summed E-state index contributed by atoms with van der Waals surface area (Å²) in [6.07, 6.45) is 1.41. The molecule has 2 rings (SSSR count). The molecule has 1 aliphatic rings. The van der Waals surface area contributed by atoms with Crippen molar-refractivity contribution in [1.82, 2.24) is 0 Å². The van der Waals surface area contributed by atoms with E-state index in [1.54, 1.807) is 0 Å². The summed E-state index contributed by atoms with van der Waals surface area (Å²) in [5.41, 5.74) is 3.03. The van der Waals surface area contributed by atoms with E-state index in [0.29, 0.717) is 37.9 Å². The van der Waals surface area contributed by atoms with Gasteiger partial charge in [0, 0.05) is 11.4 Å². The van der Waals surface area contributed by atoms with Gasteiger partial charge < -0.3 is 9.47 Å². The first-order valence-corrected chi connectivity index (χ1v) is 10.9. The monoisotopic (exact) mass is 400 g/mol. The first-order chi connectivity index (χ1) is 13.2. The highest BCUT2D eigenvalue weighted by molar-refractivity contribution is 7.65. The van der Waals surface area contributed by atoms with Crippen LogP contribution in [0.15, 0.2) is 54.7 Å². The van der Waals surface area contributed by atoms with Gasteiger partial charge in [-0.3, -0.25) is 4.79 Å². The molecule has 0 amide bonds. The first kappa shape index (κ1) is 22.4. The molecule has 1 unspecified atom stereocenters. The molecule has 1 fully saturated rings.